The second-order valence-corrected chi connectivity index (χ2v) is 3.66. The molecule has 62 valence electrons. The molecule has 0 N–H and O–H groups in total. The minimum absolute atomic E-state index is 0.624. The van der Waals surface area contributed by atoms with Crippen molar-refractivity contribution in [3.63, 3.8) is 0 Å². The predicted octanol–water partition coefficient (Wildman–Crippen LogP) is 3.70. The van der Waals surface area contributed by atoms with Crippen LogP contribution < -0.4 is 0 Å². The molecule has 0 heteroatoms. The van der Waals surface area contributed by atoms with Crippen LogP contribution >= 0.6 is 0 Å². The summed E-state index contributed by atoms with van der Waals surface area (Å²) in [5, 5.41) is 0. The molecule has 1 aliphatic rings. The maximum Gasteiger partial charge on any atom is -0.0222 e. The highest BCUT2D eigenvalue weighted by Gasteiger charge is 2.08. The minimum atomic E-state index is 0.624. The molecule has 0 radical (unpaired) electrons. The van der Waals surface area contributed by atoms with Crippen LogP contribution in [0.3, 0.4) is 0 Å². The van der Waals surface area contributed by atoms with Crippen molar-refractivity contribution in [3.8, 4) is 0 Å². The monoisotopic (exact) mass is 150 g/mol. The van der Waals surface area contributed by atoms with E-state index < -0.39 is 0 Å². The van der Waals surface area contributed by atoms with Crippen LogP contribution in [0.5, 0.6) is 0 Å². The third-order valence-electron chi connectivity index (χ3n) is 2.40. The first-order valence-electron chi connectivity index (χ1n) is 4.60. The zero-order valence-electron chi connectivity index (χ0n) is 7.69. The first-order chi connectivity index (χ1) is 5.22. The summed E-state index contributed by atoms with van der Waals surface area (Å²) in [6, 6.07) is 0. The Kier molecular flexibility index (Phi) is 2.92. The fourth-order valence-electron chi connectivity index (χ4n) is 1.50. The van der Waals surface area contributed by atoms with E-state index >= 15 is 0 Å². The summed E-state index contributed by atoms with van der Waals surface area (Å²) < 4.78 is 0. The molecule has 0 unspecified atom stereocenters. The molecule has 1 rings (SSSR count). The summed E-state index contributed by atoms with van der Waals surface area (Å²) in [7, 11) is 0. The van der Waals surface area contributed by atoms with Gasteiger partial charge in [-0.25, -0.2) is 0 Å². The van der Waals surface area contributed by atoms with Crippen LogP contribution in [0.4, 0.5) is 0 Å². The van der Waals surface area contributed by atoms with Crippen molar-refractivity contribution in [2.24, 2.45) is 5.92 Å². The van der Waals surface area contributed by atoms with Gasteiger partial charge in [-0.2, -0.15) is 0 Å². The zero-order chi connectivity index (χ0) is 8.27. The Morgan fingerprint density at radius 3 is 2.64 bits per heavy atom. The second kappa shape index (κ2) is 3.75. The van der Waals surface area contributed by atoms with Gasteiger partial charge in [-0.1, -0.05) is 26.5 Å². The summed E-state index contributed by atoms with van der Waals surface area (Å²) in [6.45, 7) is 8.55. The smallest absolute Gasteiger partial charge is 0.0222 e. The largest absolute Gasteiger partial charge is 0.0953 e. The Morgan fingerprint density at radius 1 is 1.45 bits per heavy atom. The summed E-state index contributed by atoms with van der Waals surface area (Å²) in [5.41, 5.74) is 2.87. The average molecular weight is 150 g/mol. The lowest BCUT2D eigenvalue weighted by molar-refractivity contribution is 0.677. The van der Waals surface area contributed by atoms with Crippen molar-refractivity contribution in [3.05, 3.63) is 23.8 Å². The van der Waals surface area contributed by atoms with Crippen LogP contribution in [0.1, 0.15) is 39.5 Å². The molecule has 0 atom stereocenters. The maximum atomic E-state index is 4.11. The fourth-order valence-corrected chi connectivity index (χ4v) is 1.50. The molecule has 0 aromatic rings. The van der Waals surface area contributed by atoms with E-state index in [1.807, 2.05) is 0 Å². The van der Waals surface area contributed by atoms with Gasteiger partial charge in [0, 0.05) is 0 Å². The van der Waals surface area contributed by atoms with E-state index in [4.69, 9.17) is 0 Å². The molecule has 0 heterocycles. The number of hydrogen-bond donors (Lipinski definition) is 0. The first kappa shape index (κ1) is 8.58. The Balaban J connectivity index is 2.58. The van der Waals surface area contributed by atoms with Gasteiger partial charge >= 0.3 is 0 Å². The van der Waals surface area contributed by atoms with E-state index in [0.717, 1.165) is 0 Å². The SMILES string of the molecule is C=C(C1=CCCCC1)C(C)C. The molecule has 0 amide bonds. The number of allylic oxidation sites excluding steroid dienone is 3. The topological polar surface area (TPSA) is 0 Å². The number of rotatable bonds is 2. The Bertz CT molecular complexity index is 172. The van der Waals surface area contributed by atoms with Gasteiger partial charge in [-0.15, -0.1) is 0 Å². The van der Waals surface area contributed by atoms with E-state index in [9.17, 15) is 0 Å². The molecule has 1 aliphatic carbocycles. The molecule has 0 spiro atoms. The van der Waals surface area contributed by atoms with E-state index in [0.29, 0.717) is 5.92 Å². The van der Waals surface area contributed by atoms with Crippen LogP contribution in [0.25, 0.3) is 0 Å². The highest BCUT2D eigenvalue weighted by molar-refractivity contribution is 5.30. The molecule has 0 bridgehead atoms. The van der Waals surface area contributed by atoms with E-state index in [1.54, 1.807) is 0 Å². The van der Waals surface area contributed by atoms with Crippen molar-refractivity contribution < 1.29 is 0 Å². The van der Waals surface area contributed by atoms with Crippen LogP contribution in [0.15, 0.2) is 23.8 Å². The second-order valence-electron chi connectivity index (χ2n) is 3.66. The molecule has 0 fully saturated rings. The fraction of sp³-hybridized carbons (Fsp3) is 0.636. The standard InChI is InChI=1S/C11H18/c1-9(2)10(3)11-7-5-4-6-8-11/h7,9H,3-6,8H2,1-2H3. The van der Waals surface area contributed by atoms with Crippen molar-refractivity contribution in [1.29, 1.82) is 0 Å². The summed E-state index contributed by atoms with van der Waals surface area (Å²) in [6.07, 6.45) is 7.62. The van der Waals surface area contributed by atoms with Crippen LogP contribution in [0.2, 0.25) is 0 Å². The highest BCUT2D eigenvalue weighted by atomic mass is 14.1. The van der Waals surface area contributed by atoms with Crippen LogP contribution in [-0.2, 0) is 0 Å². The van der Waals surface area contributed by atoms with E-state index in [2.05, 4.69) is 26.5 Å². The van der Waals surface area contributed by atoms with Crippen molar-refractivity contribution in [1.82, 2.24) is 0 Å². The third kappa shape index (κ3) is 2.21. The van der Waals surface area contributed by atoms with Gasteiger partial charge < -0.3 is 0 Å². The lowest BCUT2D eigenvalue weighted by Gasteiger charge is -2.17. The molecule has 0 aromatic heterocycles. The van der Waals surface area contributed by atoms with Crippen LogP contribution in [0, 0.1) is 5.92 Å². The highest BCUT2D eigenvalue weighted by Crippen LogP contribution is 2.26. The lowest BCUT2D eigenvalue weighted by Crippen LogP contribution is -2.00. The molecule has 0 saturated carbocycles. The van der Waals surface area contributed by atoms with Crippen molar-refractivity contribution >= 4 is 0 Å². The molecular weight excluding hydrogens is 132 g/mol. The van der Waals surface area contributed by atoms with Gasteiger partial charge in [0.2, 0.25) is 0 Å². The van der Waals surface area contributed by atoms with Gasteiger partial charge in [-0.3, -0.25) is 0 Å². The van der Waals surface area contributed by atoms with E-state index in [1.165, 1.54) is 36.8 Å². The summed E-state index contributed by atoms with van der Waals surface area (Å²) in [5.74, 6) is 0.624. The van der Waals surface area contributed by atoms with Crippen molar-refractivity contribution in [2.75, 3.05) is 0 Å². The van der Waals surface area contributed by atoms with Crippen LogP contribution in [-0.4, -0.2) is 0 Å². The zero-order valence-corrected chi connectivity index (χ0v) is 7.69. The molecule has 0 saturated heterocycles. The minimum Gasteiger partial charge on any atom is -0.0953 e. The first-order valence-corrected chi connectivity index (χ1v) is 4.60. The predicted molar refractivity (Wildman–Crippen MR) is 50.5 cm³/mol. The third-order valence-corrected chi connectivity index (χ3v) is 2.40. The Morgan fingerprint density at radius 2 is 2.18 bits per heavy atom. The average Bonchev–Trinajstić information content (AvgIpc) is 2.05. The summed E-state index contributed by atoms with van der Waals surface area (Å²) in [4.78, 5) is 0. The Labute approximate surface area is 70.0 Å². The van der Waals surface area contributed by atoms with Gasteiger partial charge in [0.15, 0.2) is 0 Å². The van der Waals surface area contributed by atoms with Gasteiger partial charge in [0.25, 0.3) is 0 Å². The maximum absolute atomic E-state index is 4.11. The number of hydrogen-bond acceptors (Lipinski definition) is 0. The van der Waals surface area contributed by atoms with Gasteiger partial charge in [0.05, 0.1) is 0 Å². The quantitative estimate of drug-likeness (QED) is 0.563. The van der Waals surface area contributed by atoms with Gasteiger partial charge in [0.1, 0.15) is 0 Å². The summed E-state index contributed by atoms with van der Waals surface area (Å²) >= 11 is 0. The molecule has 0 aliphatic heterocycles. The lowest BCUT2D eigenvalue weighted by atomic mass is 9.89. The Hall–Kier alpha value is -0.520. The normalized spacial score (nSPS) is 18.3. The molecular formula is C11H18. The van der Waals surface area contributed by atoms with Gasteiger partial charge in [-0.05, 0) is 42.7 Å². The molecule has 0 aromatic carbocycles. The molecule has 0 nitrogen and oxygen atoms in total. The van der Waals surface area contributed by atoms with E-state index in [-0.39, 0.29) is 0 Å². The molecule has 11 heavy (non-hydrogen) atoms. The van der Waals surface area contributed by atoms with Crippen molar-refractivity contribution in [2.45, 2.75) is 39.5 Å².